The van der Waals surface area contributed by atoms with Gasteiger partial charge in [0.2, 0.25) is 10.0 Å². The lowest BCUT2D eigenvalue weighted by Crippen LogP contribution is -2.35. The molecule has 0 bridgehead atoms. The number of nitrogens with one attached hydrogen (secondary N) is 2. The highest BCUT2D eigenvalue weighted by Crippen LogP contribution is 2.14. The first kappa shape index (κ1) is 18.6. The van der Waals surface area contributed by atoms with Crippen LogP contribution < -0.4 is 10.0 Å². The number of sulfonamides is 1. The second kappa shape index (κ2) is 7.70. The van der Waals surface area contributed by atoms with Crippen LogP contribution in [0.1, 0.15) is 22.3 Å². The van der Waals surface area contributed by atoms with Gasteiger partial charge in [-0.1, -0.05) is 12.1 Å². The van der Waals surface area contributed by atoms with E-state index in [-0.39, 0.29) is 16.8 Å². The number of hydrogen-bond acceptors (Lipinski definition) is 5. The first-order chi connectivity index (χ1) is 13.5. The molecule has 0 radical (unpaired) electrons. The van der Waals surface area contributed by atoms with Gasteiger partial charge in [0.1, 0.15) is 5.65 Å². The summed E-state index contributed by atoms with van der Waals surface area (Å²) >= 11 is 0. The zero-order valence-electron chi connectivity index (χ0n) is 15.0. The molecule has 0 saturated carbocycles. The molecule has 146 valence electrons. The fourth-order valence-electron chi connectivity index (χ4n) is 3.04. The van der Waals surface area contributed by atoms with Gasteiger partial charge in [0.15, 0.2) is 0 Å². The SMILES string of the molecule is O=C(NCc1ccc(S(=O)(=O)NC2CCOC2)cc1)c1ccc2nccn2c1. The first-order valence-electron chi connectivity index (χ1n) is 8.91. The summed E-state index contributed by atoms with van der Waals surface area (Å²) in [5.41, 5.74) is 2.10. The zero-order valence-corrected chi connectivity index (χ0v) is 15.9. The molecule has 0 spiro atoms. The van der Waals surface area contributed by atoms with Crippen molar-refractivity contribution >= 4 is 21.6 Å². The number of carbonyl (C=O) groups excluding carboxylic acids is 1. The average Bonchev–Trinajstić information content (AvgIpc) is 3.37. The lowest BCUT2D eigenvalue weighted by atomic mass is 10.2. The smallest absolute Gasteiger partial charge is 0.253 e. The summed E-state index contributed by atoms with van der Waals surface area (Å²) in [5, 5.41) is 2.83. The highest BCUT2D eigenvalue weighted by atomic mass is 32.2. The van der Waals surface area contributed by atoms with Crippen LogP contribution in [-0.2, 0) is 21.3 Å². The summed E-state index contributed by atoms with van der Waals surface area (Å²) < 4.78 is 34.4. The molecular formula is C19H20N4O4S. The Balaban J connectivity index is 1.38. The van der Waals surface area contributed by atoms with E-state index in [9.17, 15) is 13.2 Å². The number of rotatable bonds is 6. The van der Waals surface area contributed by atoms with Gasteiger partial charge < -0.3 is 14.5 Å². The number of carbonyl (C=O) groups is 1. The van der Waals surface area contributed by atoms with E-state index in [0.29, 0.717) is 31.7 Å². The number of imidazole rings is 1. The van der Waals surface area contributed by atoms with E-state index in [2.05, 4.69) is 15.0 Å². The topological polar surface area (TPSA) is 102 Å². The minimum Gasteiger partial charge on any atom is -0.380 e. The van der Waals surface area contributed by atoms with E-state index < -0.39 is 10.0 Å². The molecule has 28 heavy (non-hydrogen) atoms. The molecule has 4 rings (SSSR count). The van der Waals surface area contributed by atoms with Gasteiger partial charge in [-0.15, -0.1) is 0 Å². The first-order valence-corrected chi connectivity index (χ1v) is 10.4. The van der Waals surface area contributed by atoms with Crippen molar-refractivity contribution in [3.63, 3.8) is 0 Å². The molecule has 2 aromatic heterocycles. The third-order valence-corrected chi connectivity index (χ3v) is 6.13. The number of hydrogen-bond donors (Lipinski definition) is 2. The third-order valence-electron chi connectivity index (χ3n) is 4.59. The predicted molar refractivity (Wildman–Crippen MR) is 102 cm³/mol. The van der Waals surface area contributed by atoms with Crippen molar-refractivity contribution in [1.82, 2.24) is 19.4 Å². The molecule has 3 aromatic rings. The Hall–Kier alpha value is -2.75. The average molecular weight is 400 g/mol. The van der Waals surface area contributed by atoms with Crippen LogP contribution in [0.2, 0.25) is 0 Å². The van der Waals surface area contributed by atoms with Gasteiger partial charge in [0.25, 0.3) is 5.91 Å². The van der Waals surface area contributed by atoms with E-state index in [1.165, 1.54) is 12.1 Å². The fraction of sp³-hybridized carbons (Fsp3) is 0.263. The third kappa shape index (κ3) is 4.06. The highest BCUT2D eigenvalue weighted by molar-refractivity contribution is 7.89. The van der Waals surface area contributed by atoms with Crippen molar-refractivity contribution in [1.29, 1.82) is 0 Å². The minimum atomic E-state index is -3.58. The number of nitrogens with zero attached hydrogens (tertiary/aromatic N) is 2. The second-order valence-electron chi connectivity index (χ2n) is 6.62. The Morgan fingerprint density at radius 1 is 1.21 bits per heavy atom. The van der Waals surface area contributed by atoms with Crippen molar-refractivity contribution in [2.75, 3.05) is 13.2 Å². The monoisotopic (exact) mass is 400 g/mol. The van der Waals surface area contributed by atoms with Crippen molar-refractivity contribution < 1.29 is 17.9 Å². The zero-order chi connectivity index (χ0) is 19.6. The van der Waals surface area contributed by atoms with Gasteiger partial charge >= 0.3 is 0 Å². The summed E-state index contributed by atoms with van der Waals surface area (Å²) in [6.45, 7) is 1.26. The van der Waals surface area contributed by atoms with Gasteiger partial charge in [0.05, 0.1) is 17.1 Å². The number of pyridine rings is 1. The van der Waals surface area contributed by atoms with Gasteiger partial charge in [-0.25, -0.2) is 18.1 Å². The number of fused-ring (bicyclic) bond motifs is 1. The standard InChI is InChI=1S/C19H20N4O4S/c24-19(15-3-6-18-20-8-9-23(18)12-15)21-11-14-1-4-17(5-2-14)28(25,26)22-16-7-10-27-13-16/h1-6,8-9,12,16,22H,7,10-11,13H2,(H,21,24). The van der Waals surface area contributed by atoms with Crippen LogP contribution in [-0.4, -0.2) is 43.0 Å². The van der Waals surface area contributed by atoms with Gasteiger partial charge in [0, 0.05) is 37.8 Å². The van der Waals surface area contributed by atoms with E-state index in [1.807, 2.05) is 0 Å². The number of aromatic nitrogens is 2. The Labute approximate surface area is 162 Å². The second-order valence-corrected chi connectivity index (χ2v) is 8.33. The van der Waals surface area contributed by atoms with Crippen molar-refractivity contribution in [2.24, 2.45) is 0 Å². The summed E-state index contributed by atoms with van der Waals surface area (Å²) in [7, 11) is -3.58. The molecule has 1 aromatic carbocycles. The van der Waals surface area contributed by atoms with Crippen LogP contribution in [0.5, 0.6) is 0 Å². The maximum absolute atomic E-state index is 12.4. The molecule has 2 N–H and O–H groups in total. The maximum Gasteiger partial charge on any atom is 0.253 e. The molecule has 1 fully saturated rings. The molecule has 1 aliphatic heterocycles. The molecule has 1 amide bonds. The van der Waals surface area contributed by atoms with Crippen LogP contribution in [0.15, 0.2) is 59.9 Å². The largest absolute Gasteiger partial charge is 0.380 e. The lowest BCUT2D eigenvalue weighted by molar-refractivity contribution is 0.0950. The highest BCUT2D eigenvalue weighted by Gasteiger charge is 2.23. The molecule has 1 atom stereocenters. The van der Waals surface area contributed by atoms with Gasteiger partial charge in [-0.05, 0) is 36.2 Å². The predicted octanol–water partition coefficient (Wildman–Crippen LogP) is 1.33. The maximum atomic E-state index is 12.4. The molecule has 1 aliphatic rings. The van der Waals surface area contributed by atoms with Crippen LogP contribution in [0.3, 0.4) is 0 Å². The van der Waals surface area contributed by atoms with Crippen LogP contribution >= 0.6 is 0 Å². The fourth-order valence-corrected chi connectivity index (χ4v) is 4.30. The molecule has 8 nitrogen and oxygen atoms in total. The number of ether oxygens (including phenoxy) is 1. The van der Waals surface area contributed by atoms with Crippen LogP contribution in [0.25, 0.3) is 5.65 Å². The lowest BCUT2D eigenvalue weighted by Gasteiger charge is -2.12. The molecule has 9 heteroatoms. The minimum absolute atomic E-state index is 0.184. The van der Waals surface area contributed by atoms with E-state index >= 15 is 0 Å². The van der Waals surface area contributed by atoms with E-state index in [4.69, 9.17) is 4.74 Å². The van der Waals surface area contributed by atoms with Crippen molar-refractivity contribution in [3.8, 4) is 0 Å². The number of benzene rings is 1. The van der Waals surface area contributed by atoms with Crippen molar-refractivity contribution in [3.05, 3.63) is 66.1 Å². The van der Waals surface area contributed by atoms with Crippen molar-refractivity contribution in [2.45, 2.75) is 23.9 Å². The molecule has 1 saturated heterocycles. The van der Waals surface area contributed by atoms with Gasteiger partial charge in [-0.2, -0.15) is 0 Å². The summed E-state index contributed by atoms with van der Waals surface area (Å²) in [6.07, 6.45) is 5.83. The Kier molecular flexibility index (Phi) is 5.12. The molecule has 0 aliphatic carbocycles. The van der Waals surface area contributed by atoms with E-state index in [1.54, 1.807) is 47.3 Å². The Bertz CT molecular complexity index is 1090. The van der Waals surface area contributed by atoms with Gasteiger partial charge in [-0.3, -0.25) is 4.79 Å². The van der Waals surface area contributed by atoms with E-state index in [0.717, 1.165) is 11.2 Å². The summed E-state index contributed by atoms with van der Waals surface area (Å²) in [5.74, 6) is -0.213. The number of amides is 1. The molecule has 1 unspecified atom stereocenters. The summed E-state index contributed by atoms with van der Waals surface area (Å²) in [4.78, 5) is 16.7. The summed E-state index contributed by atoms with van der Waals surface area (Å²) in [6, 6.07) is 9.77. The molecular weight excluding hydrogens is 380 g/mol. The normalized spacial score (nSPS) is 17.1. The van der Waals surface area contributed by atoms with Crippen LogP contribution in [0.4, 0.5) is 0 Å². The Morgan fingerprint density at radius 2 is 2.04 bits per heavy atom. The quantitative estimate of drug-likeness (QED) is 0.650. The Morgan fingerprint density at radius 3 is 2.79 bits per heavy atom. The molecule has 3 heterocycles. The van der Waals surface area contributed by atoms with Crippen LogP contribution in [0, 0.1) is 0 Å².